The standard InChI is InChI=1S/C15H12Cl2F3NS2/c1-2-22-14-6-3-9(16)7-13(14)21-23-10-4-5-12(17)11(8-10)15(18,19)20/h3-8,21H,2H2,1H3. The smallest absolute Gasteiger partial charge is 0.325 e. The van der Waals surface area contributed by atoms with Crippen LogP contribution < -0.4 is 4.72 Å². The van der Waals surface area contributed by atoms with Crippen molar-refractivity contribution in [1.82, 2.24) is 0 Å². The number of halogens is 5. The Balaban J connectivity index is 2.20. The number of hydrogen-bond acceptors (Lipinski definition) is 3. The van der Waals surface area contributed by atoms with Gasteiger partial charge in [-0.1, -0.05) is 30.1 Å². The third kappa shape index (κ3) is 5.14. The van der Waals surface area contributed by atoms with E-state index in [1.54, 1.807) is 23.9 Å². The second-order valence-electron chi connectivity index (χ2n) is 4.42. The van der Waals surface area contributed by atoms with Crippen molar-refractivity contribution in [1.29, 1.82) is 0 Å². The normalized spacial score (nSPS) is 11.6. The van der Waals surface area contributed by atoms with E-state index in [0.717, 1.165) is 34.4 Å². The van der Waals surface area contributed by atoms with E-state index in [4.69, 9.17) is 23.2 Å². The minimum atomic E-state index is -4.48. The maximum absolute atomic E-state index is 12.9. The number of thioether (sulfide) groups is 1. The first-order valence-electron chi connectivity index (χ1n) is 6.53. The Morgan fingerprint density at radius 1 is 1.09 bits per heavy atom. The highest BCUT2D eigenvalue weighted by Gasteiger charge is 2.33. The summed E-state index contributed by atoms with van der Waals surface area (Å²) in [7, 11) is 0. The van der Waals surface area contributed by atoms with Gasteiger partial charge in [0.05, 0.1) is 16.3 Å². The molecule has 23 heavy (non-hydrogen) atoms. The molecule has 0 amide bonds. The van der Waals surface area contributed by atoms with Crippen LogP contribution in [0.2, 0.25) is 10.0 Å². The first-order chi connectivity index (χ1) is 10.8. The lowest BCUT2D eigenvalue weighted by molar-refractivity contribution is -0.137. The van der Waals surface area contributed by atoms with Crippen LogP contribution in [0.15, 0.2) is 46.2 Å². The molecule has 0 saturated carbocycles. The molecule has 0 saturated heterocycles. The van der Waals surface area contributed by atoms with Crippen molar-refractivity contribution in [2.75, 3.05) is 10.5 Å². The molecule has 0 heterocycles. The van der Waals surface area contributed by atoms with Crippen LogP contribution in [-0.2, 0) is 6.18 Å². The van der Waals surface area contributed by atoms with Gasteiger partial charge in [0.2, 0.25) is 0 Å². The summed E-state index contributed by atoms with van der Waals surface area (Å²) in [5.41, 5.74) is -0.0851. The summed E-state index contributed by atoms with van der Waals surface area (Å²) in [4.78, 5) is 1.39. The minimum absolute atomic E-state index is 0.313. The van der Waals surface area contributed by atoms with Crippen LogP contribution in [0.1, 0.15) is 12.5 Å². The van der Waals surface area contributed by atoms with Crippen molar-refractivity contribution in [3.63, 3.8) is 0 Å². The molecule has 0 unspecified atom stereocenters. The molecular formula is C15H12Cl2F3NS2. The van der Waals surface area contributed by atoms with Crippen LogP contribution in [0, 0.1) is 0 Å². The zero-order valence-corrected chi connectivity index (χ0v) is 15.0. The predicted molar refractivity (Wildman–Crippen MR) is 93.8 cm³/mol. The van der Waals surface area contributed by atoms with Crippen LogP contribution in [0.5, 0.6) is 0 Å². The van der Waals surface area contributed by atoms with Crippen molar-refractivity contribution in [2.24, 2.45) is 0 Å². The molecular weight excluding hydrogens is 386 g/mol. The van der Waals surface area contributed by atoms with Gasteiger partial charge >= 0.3 is 6.18 Å². The van der Waals surface area contributed by atoms with Gasteiger partial charge in [0.1, 0.15) is 0 Å². The Bertz CT molecular complexity index is 693. The summed E-state index contributed by atoms with van der Waals surface area (Å²) in [6.07, 6.45) is -4.48. The molecule has 0 bridgehead atoms. The van der Waals surface area contributed by atoms with Crippen LogP contribution in [0.3, 0.4) is 0 Å². The fourth-order valence-corrected chi connectivity index (χ4v) is 3.67. The molecule has 124 valence electrons. The van der Waals surface area contributed by atoms with Gasteiger partial charge in [-0.2, -0.15) is 13.2 Å². The van der Waals surface area contributed by atoms with Crippen molar-refractivity contribution in [3.05, 3.63) is 52.0 Å². The number of nitrogens with one attached hydrogen (secondary N) is 1. The van der Waals surface area contributed by atoms with Crippen molar-refractivity contribution in [2.45, 2.75) is 22.9 Å². The molecule has 2 rings (SSSR count). The Morgan fingerprint density at radius 3 is 2.48 bits per heavy atom. The Hall–Kier alpha value is -0.690. The van der Waals surface area contributed by atoms with E-state index in [1.807, 2.05) is 13.0 Å². The molecule has 0 fully saturated rings. The van der Waals surface area contributed by atoms with Crippen molar-refractivity contribution in [3.8, 4) is 0 Å². The summed E-state index contributed by atoms with van der Waals surface area (Å²) < 4.78 is 41.7. The van der Waals surface area contributed by atoms with Gasteiger partial charge in [-0.3, -0.25) is 0 Å². The summed E-state index contributed by atoms with van der Waals surface area (Å²) in [5, 5.41) is 0.243. The zero-order valence-electron chi connectivity index (χ0n) is 11.9. The molecule has 1 nitrogen and oxygen atoms in total. The fraction of sp³-hybridized carbons (Fsp3) is 0.200. The lowest BCUT2D eigenvalue weighted by Crippen LogP contribution is -2.06. The summed E-state index contributed by atoms with van der Waals surface area (Å²) in [5.74, 6) is 0.875. The molecule has 0 aliphatic carbocycles. The van der Waals surface area contributed by atoms with Gasteiger partial charge in [0, 0.05) is 14.8 Å². The van der Waals surface area contributed by atoms with Crippen molar-refractivity contribution < 1.29 is 13.2 Å². The molecule has 0 aliphatic rings. The monoisotopic (exact) mass is 397 g/mol. The zero-order chi connectivity index (χ0) is 17.0. The quantitative estimate of drug-likeness (QED) is 0.421. The molecule has 0 radical (unpaired) electrons. The Kier molecular flexibility index (Phi) is 6.42. The maximum Gasteiger partial charge on any atom is 0.417 e. The van der Waals surface area contributed by atoms with Gasteiger partial charge in [-0.25, -0.2) is 0 Å². The number of rotatable bonds is 5. The second kappa shape index (κ2) is 7.92. The van der Waals surface area contributed by atoms with Gasteiger partial charge in [-0.15, -0.1) is 11.8 Å². The average Bonchev–Trinajstić information content (AvgIpc) is 2.48. The van der Waals surface area contributed by atoms with E-state index in [1.165, 1.54) is 12.1 Å². The molecule has 0 spiro atoms. The first-order valence-corrected chi connectivity index (χ1v) is 9.09. The predicted octanol–water partition coefficient (Wildman–Crippen LogP) is 7.24. The molecule has 0 atom stereocenters. The van der Waals surface area contributed by atoms with E-state index >= 15 is 0 Å². The van der Waals surface area contributed by atoms with Crippen LogP contribution in [0.4, 0.5) is 18.9 Å². The molecule has 0 aromatic heterocycles. The van der Waals surface area contributed by atoms with Gasteiger partial charge in [0.15, 0.2) is 0 Å². The van der Waals surface area contributed by atoms with Crippen LogP contribution in [0.25, 0.3) is 0 Å². The third-order valence-corrected chi connectivity index (χ3v) is 5.10. The Morgan fingerprint density at radius 2 is 1.83 bits per heavy atom. The van der Waals surface area contributed by atoms with Gasteiger partial charge < -0.3 is 4.72 Å². The summed E-state index contributed by atoms with van der Waals surface area (Å²) >= 11 is 14.3. The minimum Gasteiger partial charge on any atom is -0.325 e. The highest BCUT2D eigenvalue weighted by Crippen LogP contribution is 2.38. The largest absolute Gasteiger partial charge is 0.417 e. The molecule has 2 aromatic rings. The lowest BCUT2D eigenvalue weighted by atomic mass is 10.2. The Labute approximate surface area is 151 Å². The van der Waals surface area contributed by atoms with Gasteiger partial charge in [-0.05, 0) is 54.1 Å². The number of anilines is 1. The second-order valence-corrected chi connectivity index (χ2v) is 7.45. The highest BCUT2D eigenvalue weighted by molar-refractivity contribution is 8.01. The topological polar surface area (TPSA) is 12.0 Å². The maximum atomic E-state index is 12.9. The molecule has 2 aromatic carbocycles. The third-order valence-electron chi connectivity index (χ3n) is 2.76. The summed E-state index contributed by atoms with van der Waals surface area (Å²) in [6, 6.07) is 9.20. The average molecular weight is 398 g/mol. The SMILES string of the molecule is CCSc1ccc(Cl)cc1NSc1ccc(Cl)c(C(F)(F)F)c1. The summed E-state index contributed by atoms with van der Waals surface area (Å²) in [6.45, 7) is 2.02. The fourth-order valence-electron chi connectivity index (χ4n) is 1.76. The van der Waals surface area contributed by atoms with E-state index in [-0.39, 0.29) is 5.02 Å². The van der Waals surface area contributed by atoms with Gasteiger partial charge in [0.25, 0.3) is 0 Å². The van der Waals surface area contributed by atoms with E-state index in [0.29, 0.717) is 9.92 Å². The first kappa shape index (κ1) is 18.6. The number of benzene rings is 2. The van der Waals surface area contributed by atoms with Crippen molar-refractivity contribution >= 4 is 52.6 Å². The lowest BCUT2D eigenvalue weighted by Gasteiger charge is -2.13. The van der Waals surface area contributed by atoms with Crippen LogP contribution in [-0.4, -0.2) is 5.75 Å². The van der Waals surface area contributed by atoms with Crippen LogP contribution >= 0.6 is 46.9 Å². The molecule has 1 N–H and O–H groups in total. The molecule has 0 aliphatic heterocycles. The van der Waals surface area contributed by atoms with E-state index in [9.17, 15) is 13.2 Å². The number of hydrogen-bond donors (Lipinski definition) is 1. The van der Waals surface area contributed by atoms with E-state index < -0.39 is 11.7 Å². The highest BCUT2D eigenvalue weighted by atomic mass is 35.5. The molecule has 8 heteroatoms. The van der Waals surface area contributed by atoms with E-state index in [2.05, 4.69) is 4.72 Å². The number of alkyl halides is 3.